The van der Waals surface area contributed by atoms with E-state index in [-0.39, 0.29) is 55.9 Å². The van der Waals surface area contributed by atoms with Crippen molar-refractivity contribution in [1.82, 2.24) is 52.6 Å². The number of nitrogens with one attached hydrogen (secondary N) is 11. The molecule has 0 saturated carbocycles. The molecule has 1 unspecified atom stereocenters. The Morgan fingerprint density at radius 3 is 1.67 bits per heavy atom. The molecule has 1 aromatic carbocycles. The molecule has 0 saturated heterocycles. The monoisotopic (exact) mass is 1380 g/mol. The molecular formula is C64H113N11O18SSi. The van der Waals surface area contributed by atoms with E-state index in [4.69, 9.17) is 29.1 Å². The number of aliphatic hydroxyl groups is 2. The quantitative estimate of drug-likeness (QED) is 0.0158. The summed E-state index contributed by atoms with van der Waals surface area (Å²) in [6.45, 7) is 36.3. The molecule has 0 aliphatic carbocycles. The molecule has 2 rings (SSSR count). The Balaban J connectivity index is 2.56. The zero-order chi connectivity index (χ0) is 73.3. The zero-order valence-corrected chi connectivity index (χ0v) is 62.1. The maximum atomic E-state index is 14.8. The minimum absolute atomic E-state index is 0.00274. The third-order valence-corrected chi connectivity index (χ3v) is 18.1. The lowest BCUT2D eigenvalue weighted by atomic mass is 9.88. The van der Waals surface area contributed by atoms with Crippen LogP contribution >= 0.6 is 0 Å². The number of rotatable bonds is 33. The number of fused-ring (bicyclic) bond motifs is 1. The number of benzene rings is 1. The number of aliphatic hydroxyl groups excluding tert-OH is 2. The van der Waals surface area contributed by atoms with Gasteiger partial charge in [-0.05, 0) is 176 Å². The summed E-state index contributed by atoms with van der Waals surface area (Å²) < 4.78 is 58.5. The first kappa shape index (κ1) is 84.4. The number of carbonyl (C=O) groups excluding carboxylic acids is 9. The lowest BCUT2D eigenvalue weighted by Crippen LogP contribution is -2.62. The first-order valence-corrected chi connectivity index (χ1v) is 37.4. The van der Waals surface area contributed by atoms with E-state index < -0.39 is 167 Å². The van der Waals surface area contributed by atoms with Crippen molar-refractivity contribution in [2.75, 3.05) is 33.4 Å². The van der Waals surface area contributed by atoms with Gasteiger partial charge < -0.3 is 81.7 Å². The minimum Gasteiger partial charge on any atom is -0.487 e. The first-order chi connectivity index (χ1) is 43.3. The van der Waals surface area contributed by atoms with Crippen molar-refractivity contribution in [2.24, 2.45) is 11.8 Å². The highest BCUT2D eigenvalue weighted by molar-refractivity contribution is 7.90. The summed E-state index contributed by atoms with van der Waals surface area (Å²) in [5.74, 6) is -8.17. The molecule has 13 N–H and O–H groups in total. The molecule has 1 aliphatic rings. The Bertz CT molecular complexity index is 2990. The van der Waals surface area contributed by atoms with Crippen molar-refractivity contribution < 1.29 is 85.5 Å². The molecule has 0 bridgehead atoms. The second-order valence-electron chi connectivity index (χ2n) is 29.9. The minimum atomic E-state index is -4.36. The van der Waals surface area contributed by atoms with Crippen molar-refractivity contribution >= 4 is 77.5 Å². The maximum Gasteiger partial charge on any atom is 0.408 e. The summed E-state index contributed by atoms with van der Waals surface area (Å²) >= 11 is 0. The lowest BCUT2D eigenvalue weighted by molar-refractivity contribution is -0.149. The molecule has 1 heterocycles. The number of sulfonamides is 1. The molecular weight excluding hydrogens is 1270 g/mol. The van der Waals surface area contributed by atoms with Crippen molar-refractivity contribution in [3.63, 3.8) is 0 Å². The molecule has 542 valence electrons. The van der Waals surface area contributed by atoms with E-state index in [0.717, 1.165) is 12.7 Å². The van der Waals surface area contributed by atoms with Crippen LogP contribution in [-0.2, 0) is 73.7 Å². The fourth-order valence-corrected chi connectivity index (χ4v) is 12.9. The molecule has 0 spiro atoms. The number of esters is 1. The van der Waals surface area contributed by atoms with Gasteiger partial charge >= 0.3 is 12.1 Å². The number of alkyl carbamates (subject to hydrolysis) is 1. The van der Waals surface area contributed by atoms with Gasteiger partial charge in [-0.15, -0.1) is 0 Å². The predicted octanol–water partition coefficient (Wildman–Crippen LogP) is 2.80. The third-order valence-electron chi connectivity index (χ3n) is 14.9. The van der Waals surface area contributed by atoms with E-state index in [1.165, 1.54) is 6.92 Å². The van der Waals surface area contributed by atoms with Gasteiger partial charge in [-0.3, -0.25) is 39.0 Å². The van der Waals surface area contributed by atoms with Crippen molar-refractivity contribution in [1.29, 1.82) is 5.41 Å². The number of methoxy groups -OCH3 is 1. The second kappa shape index (κ2) is 35.5. The Morgan fingerprint density at radius 1 is 0.642 bits per heavy atom. The highest BCUT2D eigenvalue weighted by Crippen LogP contribution is 2.42. The topological polar surface area (TPSA) is 419 Å². The number of hydrogen-bond donors (Lipinski definition) is 13. The Kier molecular flexibility index (Phi) is 31.6. The number of amides is 8. The third kappa shape index (κ3) is 29.3. The summed E-state index contributed by atoms with van der Waals surface area (Å²) in [4.78, 5) is 125. The van der Waals surface area contributed by atoms with Crippen LogP contribution in [0.15, 0.2) is 4.90 Å². The summed E-state index contributed by atoms with van der Waals surface area (Å²) in [5, 5.41) is 53.9. The van der Waals surface area contributed by atoms with Crippen molar-refractivity contribution in [2.45, 2.75) is 271 Å². The summed E-state index contributed by atoms with van der Waals surface area (Å²) in [6, 6.07) is -10.4. The molecule has 31 heteroatoms. The Labute approximate surface area is 563 Å². The van der Waals surface area contributed by atoms with Crippen LogP contribution in [0.1, 0.15) is 159 Å². The van der Waals surface area contributed by atoms with Crippen LogP contribution in [0.2, 0.25) is 25.7 Å². The van der Waals surface area contributed by atoms with Crippen molar-refractivity contribution in [3.05, 3.63) is 22.3 Å². The largest absolute Gasteiger partial charge is 0.487 e. The molecule has 95 heavy (non-hydrogen) atoms. The molecule has 0 aromatic heterocycles. The van der Waals surface area contributed by atoms with Crippen molar-refractivity contribution in [3.8, 4) is 5.75 Å². The maximum absolute atomic E-state index is 14.8. The average Bonchev–Trinajstić information content (AvgIpc) is 0.747. The van der Waals surface area contributed by atoms with Crippen LogP contribution in [0.3, 0.4) is 0 Å². The van der Waals surface area contributed by atoms with Gasteiger partial charge in [0.25, 0.3) is 10.0 Å². The highest BCUT2D eigenvalue weighted by Gasteiger charge is 2.40. The highest BCUT2D eigenvalue weighted by atomic mass is 32.2. The average molecular weight is 1380 g/mol. The van der Waals surface area contributed by atoms with E-state index in [2.05, 4.69) is 52.6 Å². The van der Waals surface area contributed by atoms with Gasteiger partial charge in [0.15, 0.2) is 6.04 Å². The first-order valence-electron chi connectivity index (χ1n) is 32.3. The molecule has 1 aliphatic heterocycles. The van der Waals surface area contributed by atoms with Gasteiger partial charge in [0.2, 0.25) is 47.3 Å². The fourth-order valence-electron chi connectivity index (χ4n) is 9.83. The van der Waals surface area contributed by atoms with E-state index in [1.54, 1.807) is 111 Å². The number of ether oxygens (including phenoxy) is 5. The summed E-state index contributed by atoms with van der Waals surface area (Å²) in [6.07, 6.45) is -3.15. The number of carbonyl (C=O) groups is 9. The molecule has 29 nitrogen and oxygen atoms in total. The summed E-state index contributed by atoms with van der Waals surface area (Å²) in [7, 11) is -5.63. The lowest BCUT2D eigenvalue weighted by Gasteiger charge is -2.35. The summed E-state index contributed by atoms with van der Waals surface area (Å²) in [5.41, 5.74) is -0.604. The van der Waals surface area contributed by atoms with Crippen LogP contribution in [0.25, 0.3) is 0 Å². The van der Waals surface area contributed by atoms with Gasteiger partial charge in [0, 0.05) is 14.6 Å². The van der Waals surface area contributed by atoms with E-state index >= 15 is 0 Å². The van der Waals surface area contributed by atoms with Crippen LogP contribution in [0, 0.1) is 38.0 Å². The van der Waals surface area contributed by atoms with E-state index in [1.807, 2.05) is 33.5 Å². The van der Waals surface area contributed by atoms with E-state index in [0.29, 0.717) is 35.3 Å². The Hall–Kier alpha value is -6.67. The zero-order valence-electron chi connectivity index (χ0n) is 60.3. The molecule has 0 radical (unpaired) electrons. The standard InChI is InChI=1S/C64H113N11O18SSi/c1-34(2)29-42(70-57(84)48(49(78)35(3)4)74-60(86)93-63(15,16)17)53(80)69-41(25-24-28-66-59(65)75-94(87,88)51-37(6)36(5)50-40(38(51)7)26-27-64(18,19)92-50)52(79)72-45(33-95(21,22)23)55(82)73-47(39(8)76)56(83)67-30-46(77)68-43(31-90-61(9,10)11)54(81)71-44(58(85)89-20)32-91-62(12,13)14/h34-35,39,41-45,47-49,76,78H,24-33H2,1-23H3,(H,67,83)(H,68,77)(H,69,80)(H,70,84)(H,71,81)(H,72,79)(H,73,82)(H,74,86)(H3,65,66,75)/t39-,41+,42-,43-,44-,45-,47-,48-,49?/m0/s1. The van der Waals surface area contributed by atoms with Gasteiger partial charge in [-0.2, -0.15) is 0 Å². The number of hydrogen-bond acceptors (Lipinski definition) is 19. The fraction of sp³-hybridized carbons (Fsp3) is 0.750. The van der Waals surface area contributed by atoms with E-state index in [9.17, 15) is 61.8 Å². The van der Waals surface area contributed by atoms with Crippen LogP contribution in [0.5, 0.6) is 5.75 Å². The van der Waals surface area contributed by atoms with Gasteiger partial charge in [-0.25, -0.2) is 22.7 Å². The van der Waals surface area contributed by atoms with Crippen LogP contribution in [0.4, 0.5) is 4.79 Å². The number of guanidine groups is 1. The normalized spacial score (nSPS) is 16.2. The SMILES string of the molecule is COC(=O)[C@H](COC(C)(C)C)NC(=O)[C@H](COC(C)(C)C)NC(=O)CNC(=O)[C@@H](NC(=O)[C@H](C[Si](C)(C)C)NC(=O)[C@@H](CCCNC(=N)NS(=O)(=O)c1c(C)c(C)c2c(c1C)CCC(C)(C)O2)NC(=O)[C@H](CC(C)C)NC(=O)[C@@H](NC(=O)OC(C)(C)C)C(O)C(C)C)[C@H](C)O. The van der Waals surface area contributed by atoms with Gasteiger partial charge in [-0.1, -0.05) is 47.3 Å². The van der Waals surface area contributed by atoms with Gasteiger partial charge in [0.05, 0.1) is 55.2 Å². The van der Waals surface area contributed by atoms with Crippen LogP contribution in [-0.4, -0.2) is 196 Å². The second-order valence-corrected chi connectivity index (χ2v) is 37.0. The smallest absolute Gasteiger partial charge is 0.408 e. The predicted molar refractivity (Wildman–Crippen MR) is 360 cm³/mol. The molecule has 9 atom stereocenters. The molecule has 0 fully saturated rings. The van der Waals surface area contributed by atoms with Gasteiger partial charge in [0.1, 0.15) is 53.2 Å². The van der Waals surface area contributed by atoms with Crippen LogP contribution < -0.4 is 57.3 Å². The Morgan fingerprint density at radius 2 is 1.16 bits per heavy atom. The molecule has 8 amide bonds. The molecule has 1 aromatic rings.